The van der Waals surface area contributed by atoms with Crippen molar-refractivity contribution in [2.75, 3.05) is 0 Å². The highest BCUT2D eigenvalue weighted by Crippen LogP contribution is 2.11. The first kappa shape index (κ1) is 9.46. The Bertz CT molecular complexity index is 251. The van der Waals surface area contributed by atoms with Crippen LogP contribution in [0.2, 0.25) is 0 Å². The molecular formula is C9H9ClF2. The average Bonchev–Trinajstić information content (AvgIpc) is 1.81. The Kier molecular flexibility index (Phi) is 3.04. The van der Waals surface area contributed by atoms with Gasteiger partial charge in [0.1, 0.15) is 11.6 Å². The van der Waals surface area contributed by atoms with Crippen molar-refractivity contribution in [2.24, 2.45) is 0 Å². The molecule has 1 atom stereocenters. The summed E-state index contributed by atoms with van der Waals surface area (Å²) in [6.07, 6.45) is 0.482. The van der Waals surface area contributed by atoms with Gasteiger partial charge in [-0.05, 0) is 31.0 Å². The van der Waals surface area contributed by atoms with Crippen LogP contribution in [0.4, 0.5) is 8.78 Å². The van der Waals surface area contributed by atoms with Crippen LogP contribution in [0.25, 0.3) is 0 Å². The second-order valence-corrected chi connectivity index (χ2v) is 3.51. The topological polar surface area (TPSA) is 0 Å². The largest absolute Gasteiger partial charge is 0.207 e. The van der Waals surface area contributed by atoms with Crippen LogP contribution in [0, 0.1) is 11.6 Å². The number of halogens is 3. The van der Waals surface area contributed by atoms with Gasteiger partial charge in [0.25, 0.3) is 0 Å². The van der Waals surface area contributed by atoms with Gasteiger partial charge in [-0.15, -0.1) is 11.6 Å². The Hall–Kier alpha value is -0.630. The molecule has 12 heavy (non-hydrogen) atoms. The van der Waals surface area contributed by atoms with E-state index < -0.39 is 11.6 Å². The first-order chi connectivity index (χ1) is 5.58. The van der Waals surface area contributed by atoms with E-state index in [-0.39, 0.29) is 5.38 Å². The molecule has 0 fully saturated rings. The lowest BCUT2D eigenvalue weighted by molar-refractivity contribution is 0.579. The van der Waals surface area contributed by atoms with Crippen LogP contribution in [0.15, 0.2) is 18.2 Å². The molecule has 0 nitrogen and oxygen atoms in total. The molecule has 0 heterocycles. The van der Waals surface area contributed by atoms with Crippen LogP contribution in [0.1, 0.15) is 12.5 Å². The molecule has 0 spiro atoms. The second-order valence-electron chi connectivity index (χ2n) is 2.76. The van der Waals surface area contributed by atoms with Crippen molar-refractivity contribution < 1.29 is 8.78 Å². The Labute approximate surface area is 75.2 Å². The zero-order valence-electron chi connectivity index (χ0n) is 6.65. The van der Waals surface area contributed by atoms with E-state index in [2.05, 4.69) is 0 Å². The average molecular weight is 191 g/mol. The summed E-state index contributed by atoms with van der Waals surface area (Å²) in [6, 6.07) is 3.44. The first-order valence-corrected chi connectivity index (χ1v) is 4.10. The molecule has 0 radical (unpaired) electrons. The maximum atomic E-state index is 12.6. The lowest BCUT2D eigenvalue weighted by atomic mass is 10.1. The normalized spacial score (nSPS) is 13.0. The Morgan fingerprint density at radius 2 is 1.75 bits per heavy atom. The van der Waals surface area contributed by atoms with Crippen molar-refractivity contribution in [3.8, 4) is 0 Å². The number of hydrogen-bond acceptors (Lipinski definition) is 0. The SMILES string of the molecule is CC(Cl)Cc1cc(F)cc(F)c1. The van der Waals surface area contributed by atoms with Crippen LogP contribution in [0.5, 0.6) is 0 Å². The van der Waals surface area contributed by atoms with Gasteiger partial charge in [0, 0.05) is 11.4 Å². The molecule has 0 bridgehead atoms. The molecule has 3 heteroatoms. The summed E-state index contributed by atoms with van der Waals surface area (Å²) in [6.45, 7) is 1.78. The third kappa shape index (κ3) is 2.78. The summed E-state index contributed by atoms with van der Waals surface area (Å²) in [5.41, 5.74) is 0.593. The molecule has 0 amide bonds. The van der Waals surface area contributed by atoms with Gasteiger partial charge < -0.3 is 0 Å². The minimum atomic E-state index is -0.553. The van der Waals surface area contributed by atoms with Gasteiger partial charge in [0.15, 0.2) is 0 Å². The van der Waals surface area contributed by atoms with Gasteiger partial charge in [0.05, 0.1) is 0 Å². The minimum absolute atomic E-state index is 0.105. The van der Waals surface area contributed by atoms with Gasteiger partial charge in [-0.2, -0.15) is 0 Å². The molecule has 1 aromatic carbocycles. The molecule has 0 saturated heterocycles. The third-order valence-corrected chi connectivity index (χ3v) is 1.59. The first-order valence-electron chi connectivity index (χ1n) is 3.67. The Balaban J connectivity index is 2.85. The van der Waals surface area contributed by atoms with Crippen molar-refractivity contribution in [1.82, 2.24) is 0 Å². The fraction of sp³-hybridized carbons (Fsp3) is 0.333. The van der Waals surface area contributed by atoms with Gasteiger partial charge in [-0.1, -0.05) is 0 Å². The van der Waals surface area contributed by atoms with E-state index in [1.807, 2.05) is 0 Å². The number of hydrogen-bond donors (Lipinski definition) is 0. The molecule has 1 aromatic rings. The van der Waals surface area contributed by atoms with E-state index in [0.717, 1.165) is 6.07 Å². The quantitative estimate of drug-likeness (QED) is 0.629. The van der Waals surface area contributed by atoms with Crippen molar-refractivity contribution in [3.63, 3.8) is 0 Å². The highest BCUT2D eigenvalue weighted by molar-refractivity contribution is 6.20. The lowest BCUT2D eigenvalue weighted by Gasteiger charge is -2.02. The highest BCUT2D eigenvalue weighted by atomic mass is 35.5. The van der Waals surface area contributed by atoms with Crippen molar-refractivity contribution in [3.05, 3.63) is 35.4 Å². The molecule has 1 unspecified atom stereocenters. The second kappa shape index (κ2) is 3.85. The van der Waals surface area contributed by atoms with Crippen LogP contribution in [-0.2, 0) is 6.42 Å². The molecule has 0 aliphatic carbocycles. The summed E-state index contributed by atoms with van der Waals surface area (Å²) in [4.78, 5) is 0. The summed E-state index contributed by atoms with van der Waals surface area (Å²) < 4.78 is 25.2. The predicted molar refractivity (Wildman–Crippen MR) is 45.4 cm³/mol. The summed E-state index contributed by atoms with van der Waals surface area (Å²) in [5, 5.41) is -0.105. The molecule has 0 aliphatic rings. The zero-order valence-corrected chi connectivity index (χ0v) is 7.41. The predicted octanol–water partition coefficient (Wildman–Crippen LogP) is 3.13. The minimum Gasteiger partial charge on any atom is -0.207 e. The lowest BCUT2D eigenvalue weighted by Crippen LogP contribution is -1.98. The maximum absolute atomic E-state index is 12.6. The van der Waals surface area contributed by atoms with E-state index in [1.54, 1.807) is 6.92 Å². The molecule has 0 N–H and O–H groups in total. The van der Waals surface area contributed by atoms with E-state index >= 15 is 0 Å². The van der Waals surface area contributed by atoms with E-state index in [9.17, 15) is 8.78 Å². The summed E-state index contributed by atoms with van der Waals surface area (Å²) in [5.74, 6) is -1.11. The van der Waals surface area contributed by atoms with Crippen LogP contribution < -0.4 is 0 Å². The van der Waals surface area contributed by atoms with Crippen LogP contribution in [0.3, 0.4) is 0 Å². The van der Waals surface area contributed by atoms with Crippen molar-refractivity contribution >= 4 is 11.6 Å². The Morgan fingerprint density at radius 3 is 2.17 bits per heavy atom. The molecule has 66 valence electrons. The number of alkyl halides is 1. The van der Waals surface area contributed by atoms with Gasteiger partial charge in [-0.3, -0.25) is 0 Å². The van der Waals surface area contributed by atoms with Gasteiger partial charge >= 0.3 is 0 Å². The molecular weight excluding hydrogens is 182 g/mol. The van der Waals surface area contributed by atoms with Crippen molar-refractivity contribution in [2.45, 2.75) is 18.7 Å². The summed E-state index contributed by atoms with van der Waals surface area (Å²) >= 11 is 5.67. The fourth-order valence-electron chi connectivity index (χ4n) is 1.05. The number of benzene rings is 1. The smallest absolute Gasteiger partial charge is 0.126 e. The monoisotopic (exact) mass is 190 g/mol. The van der Waals surface area contributed by atoms with Crippen LogP contribution >= 0.6 is 11.6 Å². The van der Waals surface area contributed by atoms with Crippen LogP contribution in [-0.4, -0.2) is 5.38 Å². The molecule has 0 aliphatic heterocycles. The standard InChI is InChI=1S/C9H9ClF2/c1-6(10)2-7-3-8(11)5-9(12)4-7/h3-6H,2H2,1H3. The molecule has 0 aromatic heterocycles. The van der Waals surface area contributed by atoms with Crippen molar-refractivity contribution in [1.29, 1.82) is 0 Å². The molecule has 0 saturated carbocycles. The van der Waals surface area contributed by atoms with Gasteiger partial charge in [-0.25, -0.2) is 8.78 Å². The number of rotatable bonds is 2. The fourth-order valence-corrected chi connectivity index (χ4v) is 1.23. The van der Waals surface area contributed by atoms with E-state index in [0.29, 0.717) is 12.0 Å². The maximum Gasteiger partial charge on any atom is 0.126 e. The molecule has 1 rings (SSSR count). The summed E-state index contributed by atoms with van der Waals surface area (Å²) in [7, 11) is 0. The Morgan fingerprint density at radius 1 is 1.25 bits per heavy atom. The van der Waals surface area contributed by atoms with Gasteiger partial charge in [0.2, 0.25) is 0 Å². The van der Waals surface area contributed by atoms with E-state index in [4.69, 9.17) is 11.6 Å². The zero-order chi connectivity index (χ0) is 9.14. The third-order valence-electron chi connectivity index (χ3n) is 1.44. The van der Waals surface area contributed by atoms with E-state index in [1.165, 1.54) is 12.1 Å². The highest BCUT2D eigenvalue weighted by Gasteiger charge is 2.03.